The van der Waals surface area contributed by atoms with Crippen LogP contribution in [-0.4, -0.2) is 54.7 Å². The van der Waals surface area contributed by atoms with E-state index in [1.807, 2.05) is 13.8 Å². The number of Topliss-reactive ketones (excluding diaryl/α,β-unsaturated/α-hetero) is 1. The lowest BCUT2D eigenvalue weighted by molar-refractivity contribution is -0.138. The van der Waals surface area contributed by atoms with Gasteiger partial charge in [0.15, 0.2) is 0 Å². The first-order valence-corrected chi connectivity index (χ1v) is 14.0. The van der Waals surface area contributed by atoms with Crippen LogP contribution in [0.3, 0.4) is 0 Å². The van der Waals surface area contributed by atoms with Gasteiger partial charge in [0.05, 0.1) is 17.2 Å². The third-order valence-electron chi connectivity index (χ3n) is 8.58. The molecule has 0 spiro atoms. The summed E-state index contributed by atoms with van der Waals surface area (Å²) in [6.07, 6.45) is 5.64. The van der Waals surface area contributed by atoms with Crippen LogP contribution >= 0.6 is 0 Å². The molecular formula is C25H33F2N3O5S. The summed E-state index contributed by atoms with van der Waals surface area (Å²) in [5.74, 6) is -1.49. The first kappa shape index (κ1) is 26.8. The van der Waals surface area contributed by atoms with Gasteiger partial charge in [-0.3, -0.25) is 14.1 Å². The molecule has 198 valence electrons. The number of fused-ring (bicyclic) bond motifs is 2. The van der Waals surface area contributed by atoms with Gasteiger partial charge in [-0.2, -0.15) is 13.5 Å². The molecule has 3 atom stereocenters. The maximum atomic E-state index is 13.4. The number of rotatable bonds is 4. The second kappa shape index (κ2) is 9.90. The van der Waals surface area contributed by atoms with Crippen molar-refractivity contribution in [3.05, 3.63) is 35.4 Å². The number of nitrogens with one attached hydrogen (secondary N) is 1. The lowest BCUT2D eigenvalue weighted by Crippen LogP contribution is -2.42. The van der Waals surface area contributed by atoms with Gasteiger partial charge in [0.2, 0.25) is 5.91 Å². The van der Waals surface area contributed by atoms with Crippen LogP contribution in [0.5, 0.6) is 0 Å². The third kappa shape index (κ3) is 5.10. The van der Waals surface area contributed by atoms with Crippen LogP contribution in [0, 0.1) is 34.3 Å². The number of carbonyl (C=O) groups excluding carboxylic acids is 2. The molecule has 5 rings (SSSR count). The molecule has 2 saturated carbocycles. The molecule has 2 N–H and O–H groups in total. The summed E-state index contributed by atoms with van der Waals surface area (Å²) in [5, 5.41) is 8.72. The van der Waals surface area contributed by atoms with Crippen LogP contribution < -0.4 is 5.32 Å². The summed E-state index contributed by atoms with van der Waals surface area (Å²) in [6.45, 7) is 5.52. The Bertz CT molecular complexity index is 1150. The summed E-state index contributed by atoms with van der Waals surface area (Å²) >= 11 is 0. The van der Waals surface area contributed by atoms with Crippen LogP contribution in [0.1, 0.15) is 64.0 Å². The molecule has 36 heavy (non-hydrogen) atoms. The molecule has 11 heteroatoms. The molecule has 1 aromatic rings. The molecule has 0 radical (unpaired) electrons. The van der Waals surface area contributed by atoms with Gasteiger partial charge in [-0.25, -0.2) is 13.8 Å². The molecule has 2 unspecified atom stereocenters. The molecule has 2 aliphatic heterocycles. The fraction of sp³-hybridized carbons (Fsp3) is 0.640. The minimum atomic E-state index is -4.08. The second-order valence-electron chi connectivity index (χ2n) is 10.9. The topological polar surface area (TPSA) is 116 Å². The number of nitrogens with zero attached hydrogens (tertiary/aromatic N) is 2. The molecule has 2 heterocycles. The van der Waals surface area contributed by atoms with E-state index in [2.05, 4.69) is 10.4 Å². The van der Waals surface area contributed by atoms with E-state index >= 15 is 0 Å². The number of amides is 1. The molecule has 3 fully saturated rings. The lowest BCUT2D eigenvalue weighted by Gasteiger charge is -2.35. The van der Waals surface area contributed by atoms with E-state index in [0.717, 1.165) is 38.4 Å². The fourth-order valence-electron chi connectivity index (χ4n) is 6.35. The number of hydrogen-bond donors (Lipinski definition) is 2. The molecule has 2 bridgehead atoms. The Morgan fingerprint density at radius 2 is 1.81 bits per heavy atom. The van der Waals surface area contributed by atoms with Crippen LogP contribution in [0.2, 0.25) is 0 Å². The first-order chi connectivity index (χ1) is 16.8. The smallest absolute Gasteiger partial charge is 0.265 e. The van der Waals surface area contributed by atoms with Crippen molar-refractivity contribution in [2.24, 2.45) is 27.8 Å². The van der Waals surface area contributed by atoms with Crippen LogP contribution in [0.15, 0.2) is 23.3 Å². The number of hydrogen-bond acceptors (Lipinski definition) is 6. The van der Waals surface area contributed by atoms with Gasteiger partial charge >= 0.3 is 0 Å². The van der Waals surface area contributed by atoms with E-state index in [1.54, 1.807) is 6.21 Å². The third-order valence-corrected chi connectivity index (χ3v) is 9.44. The van der Waals surface area contributed by atoms with Crippen molar-refractivity contribution in [1.82, 2.24) is 10.3 Å². The summed E-state index contributed by atoms with van der Waals surface area (Å²) < 4.78 is 57.7. The van der Waals surface area contributed by atoms with Crippen LogP contribution in [0.4, 0.5) is 8.78 Å². The predicted molar refractivity (Wildman–Crippen MR) is 130 cm³/mol. The van der Waals surface area contributed by atoms with E-state index in [0.29, 0.717) is 24.8 Å². The summed E-state index contributed by atoms with van der Waals surface area (Å²) in [7, 11) is -4.08. The molecular weight excluding hydrogens is 492 g/mol. The molecule has 8 nitrogen and oxygen atoms in total. The minimum absolute atomic E-state index is 0.0152. The molecule has 1 amide bonds. The van der Waals surface area contributed by atoms with Crippen molar-refractivity contribution in [2.45, 2.75) is 58.4 Å². The van der Waals surface area contributed by atoms with Crippen molar-refractivity contribution >= 4 is 28.0 Å². The van der Waals surface area contributed by atoms with Crippen LogP contribution in [-0.2, 0) is 19.7 Å². The Hall–Kier alpha value is -2.24. The molecule has 0 aromatic heterocycles. The number of ketones is 1. The zero-order valence-electron chi connectivity index (χ0n) is 20.5. The van der Waals surface area contributed by atoms with Gasteiger partial charge in [-0.05, 0) is 67.8 Å². The Kier molecular flexibility index (Phi) is 7.38. The van der Waals surface area contributed by atoms with E-state index in [-0.39, 0.29) is 28.9 Å². The van der Waals surface area contributed by atoms with Crippen molar-refractivity contribution in [1.29, 1.82) is 0 Å². The average molecular weight is 526 g/mol. The normalized spacial score (nSPS) is 29.4. The fourth-order valence-corrected chi connectivity index (χ4v) is 7.65. The van der Waals surface area contributed by atoms with Gasteiger partial charge in [-0.1, -0.05) is 13.8 Å². The van der Waals surface area contributed by atoms with E-state index < -0.39 is 39.0 Å². The predicted octanol–water partition coefficient (Wildman–Crippen LogP) is 3.49. The van der Waals surface area contributed by atoms with Crippen LogP contribution in [0.25, 0.3) is 0 Å². The highest BCUT2D eigenvalue weighted by Gasteiger charge is 2.65. The monoisotopic (exact) mass is 525 g/mol. The summed E-state index contributed by atoms with van der Waals surface area (Å²) in [6, 6.07) is 2.96. The molecule has 1 saturated heterocycles. The number of carbonyl (C=O) groups is 2. The number of piperidine rings is 1. The summed E-state index contributed by atoms with van der Waals surface area (Å²) in [4.78, 5) is 24.4. The largest absolute Gasteiger partial charge is 0.317 e. The highest BCUT2D eigenvalue weighted by Crippen LogP contribution is 2.64. The Morgan fingerprint density at radius 3 is 2.33 bits per heavy atom. The zero-order valence-corrected chi connectivity index (χ0v) is 21.4. The molecule has 2 aliphatic carbocycles. The van der Waals surface area contributed by atoms with Crippen molar-refractivity contribution < 1.29 is 31.3 Å². The molecule has 1 aromatic carbocycles. The number of benzene rings is 1. The van der Waals surface area contributed by atoms with Gasteiger partial charge in [0, 0.05) is 31.0 Å². The standard InChI is InChI=1S/C15H17F2N3O.C10H16O4S/c16-12-7-11(8-13(17)9-12)14-3-6-19-20(14)15(21)10-1-4-18-5-2-10;1-9(2)7-3-4-10(9,8(11)5-7)6-15(12,13)14/h6-10,14,18H,1-5H2;7H,3-6H2,1-2H3,(H,12,13,14)/t;7?,10-/m.0/s1. The van der Waals surface area contributed by atoms with Gasteiger partial charge in [0.25, 0.3) is 10.1 Å². The summed E-state index contributed by atoms with van der Waals surface area (Å²) in [5.41, 5.74) is -0.669. The molecule has 4 aliphatic rings. The first-order valence-electron chi connectivity index (χ1n) is 12.3. The highest BCUT2D eigenvalue weighted by molar-refractivity contribution is 7.85. The van der Waals surface area contributed by atoms with Crippen molar-refractivity contribution in [3.8, 4) is 0 Å². The van der Waals surface area contributed by atoms with E-state index in [4.69, 9.17) is 4.55 Å². The van der Waals surface area contributed by atoms with Gasteiger partial charge in [-0.15, -0.1) is 0 Å². The number of hydrazone groups is 1. The Balaban J connectivity index is 0.000000179. The maximum Gasteiger partial charge on any atom is 0.265 e. The Morgan fingerprint density at radius 1 is 1.17 bits per heavy atom. The zero-order chi connectivity index (χ0) is 26.3. The van der Waals surface area contributed by atoms with E-state index in [1.165, 1.54) is 17.1 Å². The second-order valence-corrected chi connectivity index (χ2v) is 12.3. The van der Waals surface area contributed by atoms with Gasteiger partial charge in [0.1, 0.15) is 17.4 Å². The van der Waals surface area contributed by atoms with Gasteiger partial charge < -0.3 is 5.32 Å². The quantitative estimate of drug-likeness (QED) is 0.582. The van der Waals surface area contributed by atoms with E-state index in [9.17, 15) is 26.8 Å². The SMILES string of the molecule is CC1(C)C2CC[C@]1(CS(=O)(=O)O)C(=O)C2.O=C(C1CCNCC1)N1N=CCC1c1cc(F)cc(F)c1. The lowest BCUT2D eigenvalue weighted by atomic mass is 9.70. The highest BCUT2D eigenvalue weighted by atomic mass is 32.2. The van der Waals surface area contributed by atoms with Crippen molar-refractivity contribution in [3.63, 3.8) is 0 Å². The van der Waals surface area contributed by atoms with Crippen molar-refractivity contribution in [2.75, 3.05) is 18.8 Å². The Labute approximate surface area is 210 Å². The minimum Gasteiger partial charge on any atom is -0.317 e. The number of halogens is 2. The average Bonchev–Trinajstić information content (AvgIpc) is 3.42. The maximum absolute atomic E-state index is 13.4.